The molecule has 0 spiro atoms. The van der Waals surface area contributed by atoms with Crippen molar-refractivity contribution in [2.75, 3.05) is 11.9 Å². The van der Waals surface area contributed by atoms with Crippen LogP contribution in [-0.2, 0) is 7.05 Å². The molecular weight excluding hydrogens is 330 g/mol. The number of aryl methyl sites for hydroxylation is 1. The Kier molecular flexibility index (Phi) is 3.41. The standard InChI is InChI=1S/C24H24N3/c1-16-18(22-11-7-8-14-25(22)3)12-13-21-19-9-5-6-10-20(19)23-15-26(4)17(2)27(23)24(16)21/h5-15,17H,1-4H3/q+1/t17-/m0/s1. The molecule has 2 aromatic carbocycles. The maximum Gasteiger partial charge on any atom is 0.212 e. The summed E-state index contributed by atoms with van der Waals surface area (Å²) in [6.07, 6.45) is 4.69. The molecule has 0 amide bonds. The van der Waals surface area contributed by atoms with Crippen LogP contribution in [0.3, 0.4) is 0 Å². The van der Waals surface area contributed by atoms with Gasteiger partial charge in [-0.15, -0.1) is 0 Å². The van der Waals surface area contributed by atoms with E-state index in [1.54, 1.807) is 0 Å². The van der Waals surface area contributed by atoms with Crippen molar-refractivity contribution in [2.45, 2.75) is 20.0 Å². The monoisotopic (exact) mass is 354 g/mol. The Balaban J connectivity index is 1.83. The molecule has 134 valence electrons. The van der Waals surface area contributed by atoms with Crippen LogP contribution in [0.15, 0.2) is 67.0 Å². The summed E-state index contributed by atoms with van der Waals surface area (Å²) in [5, 5.41) is 0. The number of anilines is 1. The van der Waals surface area contributed by atoms with E-state index in [1.807, 2.05) is 0 Å². The summed E-state index contributed by atoms with van der Waals surface area (Å²) in [5.74, 6) is 0. The van der Waals surface area contributed by atoms with Crippen molar-refractivity contribution < 1.29 is 4.57 Å². The van der Waals surface area contributed by atoms with E-state index in [-0.39, 0.29) is 0 Å². The number of nitrogens with zero attached hydrogens (tertiary/aromatic N) is 3. The lowest BCUT2D eigenvalue weighted by Crippen LogP contribution is -2.37. The Bertz CT molecular complexity index is 1100. The lowest BCUT2D eigenvalue weighted by atomic mass is 9.87. The normalized spacial score (nSPS) is 17.3. The smallest absolute Gasteiger partial charge is 0.212 e. The van der Waals surface area contributed by atoms with Gasteiger partial charge >= 0.3 is 0 Å². The number of benzene rings is 2. The van der Waals surface area contributed by atoms with E-state index in [1.165, 1.54) is 44.9 Å². The van der Waals surface area contributed by atoms with E-state index in [9.17, 15) is 0 Å². The number of aromatic nitrogens is 1. The van der Waals surface area contributed by atoms with Gasteiger partial charge in [-0.3, -0.25) is 0 Å². The third-order valence-electron chi connectivity index (χ3n) is 6.04. The van der Waals surface area contributed by atoms with E-state index in [0.29, 0.717) is 6.17 Å². The van der Waals surface area contributed by atoms with Gasteiger partial charge in [-0.2, -0.15) is 0 Å². The zero-order valence-electron chi connectivity index (χ0n) is 16.3. The van der Waals surface area contributed by atoms with E-state index < -0.39 is 0 Å². The Morgan fingerprint density at radius 1 is 0.852 bits per heavy atom. The summed E-state index contributed by atoms with van der Waals surface area (Å²) in [5.41, 5.74) is 10.5. The van der Waals surface area contributed by atoms with Gasteiger partial charge in [0.15, 0.2) is 6.20 Å². The van der Waals surface area contributed by atoms with Crippen LogP contribution in [0.25, 0.3) is 28.1 Å². The number of hydrogen-bond acceptors (Lipinski definition) is 2. The highest BCUT2D eigenvalue weighted by Gasteiger charge is 2.37. The predicted molar refractivity (Wildman–Crippen MR) is 111 cm³/mol. The van der Waals surface area contributed by atoms with Crippen LogP contribution in [0.5, 0.6) is 0 Å². The molecule has 27 heavy (non-hydrogen) atoms. The zero-order chi connectivity index (χ0) is 18.7. The molecule has 3 heteroatoms. The SMILES string of the molecule is Cc1c(-c2cccc[n+]2C)ccc2c1N1C(=CN(C)[C@@H]1C)c1ccccc1-2. The van der Waals surface area contributed by atoms with Crippen LogP contribution in [0, 0.1) is 6.92 Å². The van der Waals surface area contributed by atoms with Crippen molar-refractivity contribution in [3.63, 3.8) is 0 Å². The second-order valence-electron chi connectivity index (χ2n) is 7.56. The lowest BCUT2D eigenvalue weighted by molar-refractivity contribution is -0.660. The van der Waals surface area contributed by atoms with E-state index >= 15 is 0 Å². The minimum atomic E-state index is 0.297. The van der Waals surface area contributed by atoms with Crippen LogP contribution in [0.1, 0.15) is 18.1 Å². The Morgan fingerprint density at radius 3 is 2.33 bits per heavy atom. The van der Waals surface area contributed by atoms with Gasteiger partial charge in [0.25, 0.3) is 0 Å². The molecule has 0 unspecified atom stereocenters. The lowest BCUT2D eigenvalue weighted by Gasteiger charge is -2.37. The molecule has 3 heterocycles. The summed E-state index contributed by atoms with van der Waals surface area (Å²) < 4.78 is 2.20. The Morgan fingerprint density at radius 2 is 1.56 bits per heavy atom. The summed E-state index contributed by atoms with van der Waals surface area (Å²) in [4.78, 5) is 4.80. The maximum atomic E-state index is 2.50. The summed E-state index contributed by atoms with van der Waals surface area (Å²) in [6.45, 7) is 4.54. The van der Waals surface area contributed by atoms with Gasteiger partial charge in [0.05, 0.1) is 16.9 Å². The van der Waals surface area contributed by atoms with Gasteiger partial charge in [0, 0.05) is 36.5 Å². The molecule has 5 rings (SSSR count). The molecule has 3 nitrogen and oxygen atoms in total. The third kappa shape index (κ3) is 2.18. The fraction of sp³-hybridized carbons (Fsp3) is 0.208. The fourth-order valence-electron chi connectivity index (χ4n) is 4.50. The second-order valence-corrected chi connectivity index (χ2v) is 7.56. The molecule has 2 aliphatic heterocycles. The van der Waals surface area contributed by atoms with Gasteiger partial charge in [0.2, 0.25) is 5.69 Å². The summed E-state index contributed by atoms with van der Waals surface area (Å²) >= 11 is 0. The van der Waals surface area contributed by atoms with Crippen LogP contribution in [0.4, 0.5) is 5.69 Å². The summed E-state index contributed by atoms with van der Waals surface area (Å²) in [7, 11) is 4.27. The van der Waals surface area contributed by atoms with Crippen molar-refractivity contribution in [3.8, 4) is 22.4 Å². The first-order chi connectivity index (χ1) is 13.1. The summed E-state index contributed by atoms with van der Waals surface area (Å²) in [6, 6.07) is 19.7. The van der Waals surface area contributed by atoms with Crippen molar-refractivity contribution >= 4 is 11.4 Å². The second kappa shape index (κ2) is 5.71. The fourth-order valence-corrected chi connectivity index (χ4v) is 4.50. The Hall–Kier alpha value is -3.07. The van der Waals surface area contributed by atoms with Crippen molar-refractivity contribution in [3.05, 3.63) is 78.1 Å². The average molecular weight is 354 g/mol. The zero-order valence-corrected chi connectivity index (χ0v) is 16.3. The highest BCUT2D eigenvalue weighted by Crippen LogP contribution is 2.50. The van der Waals surface area contributed by atoms with E-state index in [4.69, 9.17) is 0 Å². The molecule has 1 atom stereocenters. The molecule has 0 saturated carbocycles. The van der Waals surface area contributed by atoms with Crippen LogP contribution in [0.2, 0.25) is 0 Å². The molecule has 2 aliphatic rings. The molecular formula is C24H24N3+. The number of pyridine rings is 1. The van der Waals surface area contributed by atoms with E-state index in [2.05, 4.69) is 109 Å². The van der Waals surface area contributed by atoms with Gasteiger partial charge in [-0.05, 0) is 37.1 Å². The van der Waals surface area contributed by atoms with Crippen molar-refractivity contribution in [2.24, 2.45) is 7.05 Å². The molecule has 0 bridgehead atoms. The first-order valence-electron chi connectivity index (χ1n) is 9.49. The number of rotatable bonds is 1. The van der Waals surface area contributed by atoms with Crippen LogP contribution >= 0.6 is 0 Å². The molecule has 0 aliphatic carbocycles. The van der Waals surface area contributed by atoms with Crippen LogP contribution in [-0.4, -0.2) is 18.1 Å². The topological polar surface area (TPSA) is 10.4 Å². The predicted octanol–water partition coefficient (Wildman–Crippen LogP) is 4.56. The quantitative estimate of drug-likeness (QED) is 0.593. The number of hydrogen-bond donors (Lipinski definition) is 0. The highest BCUT2D eigenvalue weighted by molar-refractivity contribution is 6.02. The average Bonchev–Trinajstić information content (AvgIpc) is 2.98. The van der Waals surface area contributed by atoms with Crippen molar-refractivity contribution in [1.82, 2.24) is 4.90 Å². The molecule has 3 aromatic rings. The van der Waals surface area contributed by atoms with Gasteiger partial charge in [-0.25, -0.2) is 4.57 Å². The third-order valence-corrected chi connectivity index (χ3v) is 6.04. The minimum absolute atomic E-state index is 0.297. The largest absolute Gasteiger partial charge is 0.358 e. The highest BCUT2D eigenvalue weighted by atomic mass is 15.4. The van der Waals surface area contributed by atoms with Gasteiger partial charge < -0.3 is 9.80 Å². The maximum absolute atomic E-state index is 2.50. The molecule has 0 radical (unpaired) electrons. The molecule has 1 aromatic heterocycles. The van der Waals surface area contributed by atoms with Gasteiger partial charge in [0.1, 0.15) is 13.2 Å². The first kappa shape index (κ1) is 16.1. The number of fused-ring (bicyclic) bond motifs is 6. The molecule has 0 N–H and O–H groups in total. The van der Waals surface area contributed by atoms with E-state index in [0.717, 1.165) is 0 Å². The first-order valence-corrected chi connectivity index (χ1v) is 9.49. The molecule has 0 saturated heterocycles. The van der Waals surface area contributed by atoms with Gasteiger partial charge in [-0.1, -0.05) is 30.3 Å². The molecule has 0 fully saturated rings. The minimum Gasteiger partial charge on any atom is -0.358 e. The Labute approximate surface area is 160 Å². The van der Waals surface area contributed by atoms with Crippen molar-refractivity contribution in [1.29, 1.82) is 0 Å². The van der Waals surface area contributed by atoms with Crippen LogP contribution < -0.4 is 9.47 Å².